The molecule has 0 radical (unpaired) electrons. The summed E-state index contributed by atoms with van der Waals surface area (Å²) in [6.07, 6.45) is 37.5. The lowest BCUT2D eigenvalue weighted by Crippen LogP contribution is -2.39. The Morgan fingerprint density at radius 2 is 0.640 bits per heavy atom. The summed E-state index contributed by atoms with van der Waals surface area (Å²) in [5.74, 6) is 1.31. The number of rotatable bonds is 40. The second-order valence-electron chi connectivity index (χ2n) is 15.8. The fraction of sp³-hybridized carbons (Fsp3) is 0.953. The molecule has 50 heavy (non-hydrogen) atoms. The van der Waals surface area contributed by atoms with Crippen LogP contribution in [0.4, 0.5) is 0 Å². The number of hydrogen-bond donors (Lipinski definition) is 5. The molecule has 0 heterocycles. The van der Waals surface area contributed by atoms with Crippen LogP contribution in [0.1, 0.15) is 219 Å². The molecule has 0 fully saturated rings. The van der Waals surface area contributed by atoms with E-state index in [9.17, 15) is 14.7 Å². The lowest BCUT2D eigenvalue weighted by atomic mass is 9.99. The lowest BCUT2D eigenvalue weighted by Gasteiger charge is -2.13. The zero-order valence-corrected chi connectivity index (χ0v) is 33.3. The fourth-order valence-corrected chi connectivity index (χ4v) is 6.89. The second kappa shape index (κ2) is 39.0. The topological polar surface area (TPSA) is 119 Å². The van der Waals surface area contributed by atoms with Crippen molar-refractivity contribution in [2.45, 2.75) is 225 Å². The van der Waals surface area contributed by atoms with Crippen molar-refractivity contribution in [1.29, 1.82) is 0 Å². The molecule has 0 rings (SSSR count). The minimum atomic E-state index is -0.750. The van der Waals surface area contributed by atoms with Gasteiger partial charge in [0.2, 0.25) is 11.8 Å². The van der Waals surface area contributed by atoms with Crippen LogP contribution in [0.15, 0.2) is 0 Å². The van der Waals surface area contributed by atoms with Gasteiger partial charge in [0, 0.05) is 39.1 Å². The Kier molecular flexibility index (Phi) is 38.1. The van der Waals surface area contributed by atoms with E-state index in [4.69, 9.17) is 10.2 Å². The van der Waals surface area contributed by atoms with Crippen LogP contribution in [-0.4, -0.2) is 59.5 Å². The van der Waals surface area contributed by atoms with Crippen LogP contribution >= 0.6 is 0 Å². The van der Waals surface area contributed by atoms with Crippen LogP contribution in [-0.2, 0) is 9.59 Å². The number of carbonyl (C=O) groups is 2. The third-order valence-corrected chi connectivity index (χ3v) is 10.5. The molecule has 2 atom stereocenters. The van der Waals surface area contributed by atoms with Gasteiger partial charge in [0.15, 0.2) is 0 Å². The number of amides is 2. The summed E-state index contributed by atoms with van der Waals surface area (Å²) >= 11 is 0. The molecule has 0 aromatic heterocycles. The summed E-state index contributed by atoms with van der Waals surface area (Å²) in [6, 6.07) is 0. The van der Waals surface area contributed by atoms with Crippen LogP contribution in [0, 0.1) is 11.8 Å². The van der Waals surface area contributed by atoms with Gasteiger partial charge in [-0.25, -0.2) is 0 Å². The predicted octanol–water partition coefficient (Wildman–Crippen LogP) is 10.3. The van der Waals surface area contributed by atoms with Crippen molar-refractivity contribution in [1.82, 2.24) is 10.6 Å². The first-order chi connectivity index (χ1) is 24.4. The van der Waals surface area contributed by atoms with Gasteiger partial charge in [-0.3, -0.25) is 9.59 Å². The second-order valence-corrected chi connectivity index (χ2v) is 15.8. The van der Waals surface area contributed by atoms with E-state index in [1.165, 1.54) is 154 Å². The molecule has 7 heteroatoms. The zero-order valence-electron chi connectivity index (χ0n) is 33.3. The van der Waals surface area contributed by atoms with Crippen molar-refractivity contribution in [2.75, 3.05) is 26.3 Å². The average molecular weight is 711 g/mol. The maximum absolute atomic E-state index is 12.1. The van der Waals surface area contributed by atoms with Crippen LogP contribution in [0.2, 0.25) is 0 Å². The number of carbonyl (C=O) groups excluding carboxylic acids is 2. The quantitative estimate of drug-likeness (QED) is 0.0406. The maximum atomic E-state index is 12.1. The summed E-state index contributed by atoms with van der Waals surface area (Å²) in [7, 11) is 0. The van der Waals surface area contributed by atoms with Gasteiger partial charge in [-0.05, 0) is 37.5 Å². The molecule has 0 aliphatic heterocycles. The highest BCUT2D eigenvalue weighted by molar-refractivity contribution is 5.76. The van der Waals surface area contributed by atoms with E-state index in [1.807, 2.05) is 0 Å². The molecule has 7 nitrogen and oxygen atoms in total. The molecule has 0 bridgehead atoms. The molecular weight excluding hydrogens is 624 g/mol. The first kappa shape index (κ1) is 48.8. The number of aliphatic hydroxyl groups is 3. The molecule has 0 aliphatic carbocycles. The number of nitrogens with one attached hydrogen (secondary N) is 2. The van der Waals surface area contributed by atoms with Crippen molar-refractivity contribution in [3.8, 4) is 0 Å². The SMILES string of the molecule is CC(CCO)CCCCCCCCCCCCCCCC(=O)NCC(O)CNC(=O)CCCCCCCCCCCCCCCC(C)CCO. The van der Waals surface area contributed by atoms with E-state index >= 15 is 0 Å². The maximum Gasteiger partial charge on any atom is 0.220 e. The van der Waals surface area contributed by atoms with Crippen molar-refractivity contribution >= 4 is 11.8 Å². The molecule has 0 aliphatic rings. The largest absolute Gasteiger partial charge is 0.396 e. The Hall–Kier alpha value is -1.18. The Balaban J connectivity index is 3.39. The number of hydrogen-bond acceptors (Lipinski definition) is 5. The highest BCUT2D eigenvalue weighted by Gasteiger charge is 2.09. The first-order valence-corrected chi connectivity index (χ1v) is 21.8. The van der Waals surface area contributed by atoms with E-state index in [-0.39, 0.29) is 24.9 Å². The predicted molar refractivity (Wildman–Crippen MR) is 212 cm³/mol. The number of unbranched alkanes of at least 4 members (excludes halogenated alkanes) is 24. The molecule has 298 valence electrons. The minimum Gasteiger partial charge on any atom is -0.396 e. The first-order valence-electron chi connectivity index (χ1n) is 21.8. The average Bonchev–Trinajstić information content (AvgIpc) is 3.10. The van der Waals surface area contributed by atoms with E-state index in [0.717, 1.165) is 38.5 Å². The third kappa shape index (κ3) is 38.1. The Bertz CT molecular complexity index is 663. The van der Waals surface area contributed by atoms with E-state index in [0.29, 0.717) is 37.9 Å². The Morgan fingerprint density at radius 3 is 0.900 bits per heavy atom. The standard InChI is InChI=1S/C43H86N2O5/c1-39(33-35-46)29-25-21-17-13-9-5-3-7-11-15-19-23-27-31-42(49)44-37-41(48)38-45-43(50)32-28-24-20-16-12-8-4-6-10-14-18-22-26-30-40(2)34-36-47/h39-41,46-48H,3-38H2,1-2H3,(H,44,49)(H,45,50). The molecule has 0 saturated heterocycles. The van der Waals surface area contributed by atoms with Crippen LogP contribution in [0.5, 0.6) is 0 Å². The smallest absolute Gasteiger partial charge is 0.220 e. The van der Waals surface area contributed by atoms with Crippen LogP contribution in [0.3, 0.4) is 0 Å². The van der Waals surface area contributed by atoms with E-state index < -0.39 is 6.10 Å². The molecule has 2 amide bonds. The molecule has 0 aromatic carbocycles. The third-order valence-electron chi connectivity index (χ3n) is 10.5. The molecule has 0 saturated carbocycles. The minimum absolute atomic E-state index is 0.0122. The summed E-state index contributed by atoms with van der Waals surface area (Å²) in [4.78, 5) is 24.3. The number of aliphatic hydroxyl groups excluding tert-OH is 3. The van der Waals surface area contributed by atoms with E-state index in [1.54, 1.807) is 0 Å². The van der Waals surface area contributed by atoms with Crippen molar-refractivity contribution in [2.24, 2.45) is 11.8 Å². The van der Waals surface area contributed by atoms with Gasteiger partial charge < -0.3 is 26.0 Å². The molecule has 2 unspecified atom stereocenters. The molecule has 5 N–H and O–H groups in total. The van der Waals surface area contributed by atoms with E-state index in [2.05, 4.69) is 24.5 Å². The van der Waals surface area contributed by atoms with Gasteiger partial charge in [-0.2, -0.15) is 0 Å². The van der Waals surface area contributed by atoms with Gasteiger partial charge in [-0.15, -0.1) is 0 Å². The lowest BCUT2D eigenvalue weighted by molar-refractivity contribution is -0.121. The van der Waals surface area contributed by atoms with Gasteiger partial charge in [0.25, 0.3) is 0 Å². The van der Waals surface area contributed by atoms with Crippen molar-refractivity contribution in [3.05, 3.63) is 0 Å². The monoisotopic (exact) mass is 711 g/mol. The molecule has 0 spiro atoms. The summed E-state index contributed by atoms with van der Waals surface area (Å²) < 4.78 is 0. The Morgan fingerprint density at radius 1 is 0.400 bits per heavy atom. The molecule has 0 aromatic rings. The Labute approximate surface area is 310 Å². The van der Waals surface area contributed by atoms with Crippen molar-refractivity contribution in [3.63, 3.8) is 0 Å². The van der Waals surface area contributed by atoms with Crippen LogP contribution in [0.25, 0.3) is 0 Å². The normalized spacial score (nSPS) is 13.3. The van der Waals surface area contributed by atoms with Gasteiger partial charge in [0.1, 0.15) is 0 Å². The van der Waals surface area contributed by atoms with Crippen LogP contribution < -0.4 is 10.6 Å². The highest BCUT2D eigenvalue weighted by Crippen LogP contribution is 2.17. The van der Waals surface area contributed by atoms with Gasteiger partial charge in [0.05, 0.1) is 6.10 Å². The van der Waals surface area contributed by atoms with Gasteiger partial charge >= 0.3 is 0 Å². The van der Waals surface area contributed by atoms with Crippen molar-refractivity contribution < 1.29 is 24.9 Å². The summed E-state index contributed by atoms with van der Waals surface area (Å²) in [5.41, 5.74) is 0. The highest BCUT2D eigenvalue weighted by atomic mass is 16.3. The van der Waals surface area contributed by atoms with Gasteiger partial charge in [-0.1, -0.05) is 181 Å². The summed E-state index contributed by atoms with van der Waals surface area (Å²) in [6.45, 7) is 5.51. The fourth-order valence-electron chi connectivity index (χ4n) is 6.89. The molecular formula is C43H86N2O5. The summed E-state index contributed by atoms with van der Waals surface area (Å²) in [5, 5.41) is 33.7. The zero-order chi connectivity index (χ0) is 36.8.